The Bertz CT molecular complexity index is 684. The van der Waals surface area contributed by atoms with Crippen LogP contribution in [0.2, 0.25) is 0 Å². The third kappa shape index (κ3) is 5.41. The van der Waals surface area contributed by atoms with E-state index in [2.05, 4.69) is 20.6 Å². The molecule has 8 heteroatoms. The van der Waals surface area contributed by atoms with Gasteiger partial charge in [-0.3, -0.25) is 0 Å². The molecule has 0 fully saturated rings. The van der Waals surface area contributed by atoms with Crippen molar-refractivity contribution in [2.45, 2.75) is 20.0 Å². The zero-order valence-corrected chi connectivity index (χ0v) is 13.3. The third-order valence-electron chi connectivity index (χ3n) is 2.75. The fourth-order valence-corrected chi connectivity index (χ4v) is 1.87. The van der Waals surface area contributed by atoms with E-state index in [0.717, 1.165) is 12.6 Å². The summed E-state index contributed by atoms with van der Waals surface area (Å²) < 4.78 is 32.1. The zero-order chi connectivity index (χ0) is 16.7. The van der Waals surface area contributed by atoms with Crippen LogP contribution in [-0.4, -0.2) is 21.6 Å². The van der Waals surface area contributed by atoms with Gasteiger partial charge in [-0.2, -0.15) is 4.98 Å². The molecule has 23 heavy (non-hydrogen) atoms. The summed E-state index contributed by atoms with van der Waals surface area (Å²) in [7, 11) is 0. The van der Waals surface area contributed by atoms with E-state index in [9.17, 15) is 8.78 Å². The Balaban J connectivity index is 2.00. The molecule has 0 aliphatic heterocycles. The lowest BCUT2D eigenvalue weighted by molar-refractivity contribution is 0.279. The van der Waals surface area contributed by atoms with Crippen molar-refractivity contribution in [2.75, 3.05) is 11.9 Å². The van der Waals surface area contributed by atoms with Crippen molar-refractivity contribution >= 4 is 23.1 Å². The summed E-state index contributed by atoms with van der Waals surface area (Å²) >= 11 is 5.03. The van der Waals surface area contributed by atoms with E-state index in [4.69, 9.17) is 17.0 Å². The van der Waals surface area contributed by atoms with Gasteiger partial charge in [-0.05, 0) is 36.3 Å². The molecule has 122 valence electrons. The average molecular weight is 338 g/mol. The van der Waals surface area contributed by atoms with Gasteiger partial charge in [-0.25, -0.2) is 13.8 Å². The number of anilines is 1. The van der Waals surface area contributed by atoms with Crippen LogP contribution in [0.3, 0.4) is 0 Å². The first-order valence-corrected chi connectivity index (χ1v) is 7.44. The van der Waals surface area contributed by atoms with Crippen LogP contribution in [0.5, 0.6) is 6.01 Å². The van der Waals surface area contributed by atoms with E-state index in [1.807, 2.05) is 6.92 Å². The van der Waals surface area contributed by atoms with Crippen molar-refractivity contribution in [3.8, 4) is 6.01 Å². The van der Waals surface area contributed by atoms with E-state index in [0.29, 0.717) is 12.1 Å². The Morgan fingerprint density at radius 3 is 2.91 bits per heavy atom. The van der Waals surface area contributed by atoms with E-state index in [-0.39, 0.29) is 29.4 Å². The molecule has 2 aromatic rings. The van der Waals surface area contributed by atoms with Crippen molar-refractivity contribution in [1.29, 1.82) is 0 Å². The van der Waals surface area contributed by atoms with Crippen LogP contribution in [0, 0.1) is 11.6 Å². The summed E-state index contributed by atoms with van der Waals surface area (Å²) in [6.07, 6.45) is 1.87. The van der Waals surface area contributed by atoms with E-state index < -0.39 is 5.82 Å². The number of hydrogen-bond donors (Lipinski definition) is 2. The Kier molecular flexibility index (Phi) is 6.16. The van der Waals surface area contributed by atoms with E-state index >= 15 is 0 Å². The predicted molar refractivity (Wildman–Crippen MR) is 87.2 cm³/mol. The molecule has 0 saturated heterocycles. The highest BCUT2D eigenvalue weighted by atomic mass is 32.1. The first kappa shape index (κ1) is 17.0. The number of aromatic nitrogens is 2. The number of benzene rings is 1. The Morgan fingerprint density at radius 2 is 2.17 bits per heavy atom. The number of halogens is 2. The molecule has 1 aromatic carbocycles. The molecular weight excluding hydrogens is 322 g/mol. The molecule has 0 saturated carbocycles. The van der Waals surface area contributed by atoms with Gasteiger partial charge in [-0.1, -0.05) is 19.1 Å². The van der Waals surface area contributed by atoms with Crippen LogP contribution in [0.4, 0.5) is 14.6 Å². The molecule has 0 spiro atoms. The normalized spacial score (nSPS) is 10.2. The molecule has 5 nitrogen and oxygen atoms in total. The van der Waals surface area contributed by atoms with Crippen LogP contribution in [0.1, 0.15) is 18.9 Å². The number of hydrogen-bond acceptors (Lipinski definition) is 4. The number of ether oxygens (including phenoxy) is 1. The Labute approximate surface area is 138 Å². The lowest BCUT2D eigenvalue weighted by atomic mass is 10.2. The molecule has 2 rings (SSSR count). The molecule has 0 bridgehead atoms. The van der Waals surface area contributed by atoms with Gasteiger partial charge in [0.25, 0.3) is 0 Å². The first-order chi connectivity index (χ1) is 11.1. The van der Waals surface area contributed by atoms with Crippen LogP contribution in [0.15, 0.2) is 30.5 Å². The van der Waals surface area contributed by atoms with Crippen molar-refractivity contribution < 1.29 is 13.5 Å². The fourth-order valence-electron chi connectivity index (χ4n) is 1.67. The maximum Gasteiger partial charge on any atom is 0.318 e. The van der Waals surface area contributed by atoms with Crippen molar-refractivity contribution in [3.63, 3.8) is 0 Å². The third-order valence-corrected chi connectivity index (χ3v) is 2.99. The smallest absolute Gasteiger partial charge is 0.318 e. The van der Waals surface area contributed by atoms with Gasteiger partial charge in [0.2, 0.25) is 0 Å². The topological polar surface area (TPSA) is 59.1 Å². The molecule has 0 radical (unpaired) electrons. The number of thiocarbonyl (C=S) groups is 1. The lowest BCUT2D eigenvalue weighted by Crippen LogP contribution is -2.29. The van der Waals surface area contributed by atoms with Gasteiger partial charge in [0, 0.05) is 6.54 Å². The van der Waals surface area contributed by atoms with Gasteiger partial charge < -0.3 is 15.4 Å². The summed E-state index contributed by atoms with van der Waals surface area (Å²) in [6.45, 7) is 2.72. The minimum atomic E-state index is -0.649. The monoisotopic (exact) mass is 338 g/mol. The van der Waals surface area contributed by atoms with E-state index in [1.54, 1.807) is 12.1 Å². The molecule has 0 amide bonds. The summed E-state index contributed by atoms with van der Waals surface area (Å²) in [5, 5.41) is 5.81. The highest BCUT2D eigenvalue weighted by Crippen LogP contribution is 2.14. The van der Waals surface area contributed by atoms with E-state index in [1.165, 1.54) is 12.1 Å². The highest BCUT2D eigenvalue weighted by Gasteiger charge is 2.09. The summed E-state index contributed by atoms with van der Waals surface area (Å²) in [5.41, 5.74) is 0.618. The maximum atomic E-state index is 13.7. The molecule has 0 unspecified atom stereocenters. The van der Waals surface area contributed by atoms with Crippen LogP contribution >= 0.6 is 12.2 Å². The SMILES string of the molecule is CCCNC(=S)Nc1nc(OCc2cccc(F)c2)ncc1F. The van der Waals surface area contributed by atoms with Gasteiger partial charge >= 0.3 is 6.01 Å². The van der Waals surface area contributed by atoms with Gasteiger partial charge in [0.1, 0.15) is 12.4 Å². The second-order valence-electron chi connectivity index (χ2n) is 4.65. The Hall–Kier alpha value is -2.35. The molecule has 2 N–H and O–H groups in total. The molecule has 0 aliphatic rings. The number of rotatable bonds is 6. The summed E-state index contributed by atoms with van der Waals surface area (Å²) in [6, 6.07) is 5.92. The van der Waals surface area contributed by atoms with Crippen LogP contribution in [-0.2, 0) is 6.61 Å². The molecule has 1 aromatic heterocycles. The molecule has 0 atom stereocenters. The maximum absolute atomic E-state index is 13.7. The lowest BCUT2D eigenvalue weighted by Gasteiger charge is -2.10. The average Bonchev–Trinajstić information content (AvgIpc) is 2.54. The predicted octanol–water partition coefficient (Wildman–Crippen LogP) is 3.03. The Morgan fingerprint density at radius 1 is 1.35 bits per heavy atom. The van der Waals surface area contributed by atoms with Crippen LogP contribution in [0.25, 0.3) is 0 Å². The molecular formula is C15H16F2N4OS. The first-order valence-electron chi connectivity index (χ1n) is 7.03. The number of nitrogens with one attached hydrogen (secondary N) is 2. The van der Waals surface area contributed by atoms with Crippen molar-refractivity contribution in [1.82, 2.24) is 15.3 Å². The zero-order valence-electron chi connectivity index (χ0n) is 12.5. The van der Waals surface area contributed by atoms with Gasteiger partial charge in [0.15, 0.2) is 16.7 Å². The van der Waals surface area contributed by atoms with Gasteiger partial charge in [0.05, 0.1) is 6.20 Å². The minimum absolute atomic E-state index is 0.0311. The second kappa shape index (κ2) is 8.33. The second-order valence-corrected chi connectivity index (χ2v) is 5.06. The van der Waals surface area contributed by atoms with Crippen LogP contribution < -0.4 is 15.4 Å². The van der Waals surface area contributed by atoms with Crippen molar-refractivity contribution in [2.24, 2.45) is 0 Å². The molecule has 1 heterocycles. The number of nitrogens with zero attached hydrogens (tertiary/aromatic N) is 2. The fraction of sp³-hybridized carbons (Fsp3) is 0.267. The standard InChI is InChI=1S/C15H16F2N4OS/c1-2-6-18-15(23)21-13-12(17)8-19-14(20-13)22-9-10-4-3-5-11(16)7-10/h3-5,7-8H,2,6,9H2,1H3,(H2,18,19,20,21,23). The molecule has 0 aliphatic carbocycles. The largest absolute Gasteiger partial charge is 0.459 e. The quantitative estimate of drug-likeness (QED) is 0.790. The minimum Gasteiger partial charge on any atom is -0.459 e. The summed E-state index contributed by atoms with van der Waals surface area (Å²) in [4.78, 5) is 7.66. The van der Waals surface area contributed by atoms with Gasteiger partial charge in [-0.15, -0.1) is 0 Å². The summed E-state index contributed by atoms with van der Waals surface area (Å²) in [5.74, 6) is -1.09. The van der Waals surface area contributed by atoms with Crippen molar-refractivity contribution in [3.05, 3.63) is 47.7 Å². The highest BCUT2D eigenvalue weighted by molar-refractivity contribution is 7.80.